The lowest BCUT2D eigenvalue weighted by Crippen LogP contribution is -2.51. The average Bonchev–Trinajstić information content (AvgIpc) is 2.97. The Morgan fingerprint density at radius 3 is 2.64 bits per heavy atom. The first-order chi connectivity index (χ1) is 13.2. The molecule has 0 aromatic heterocycles. The van der Waals surface area contributed by atoms with E-state index >= 15 is 0 Å². The third kappa shape index (κ3) is 3.27. The van der Waals surface area contributed by atoms with E-state index in [0.717, 1.165) is 44.4 Å². The molecule has 28 heavy (non-hydrogen) atoms. The second kappa shape index (κ2) is 7.29. The quantitative estimate of drug-likeness (QED) is 0.568. The summed E-state index contributed by atoms with van der Waals surface area (Å²) in [6, 6.07) is 0. The van der Waals surface area contributed by atoms with Crippen LogP contribution in [-0.4, -0.2) is 17.9 Å². The summed E-state index contributed by atoms with van der Waals surface area (Å²) >= 11 is 0. The standard InChI is InChI=1S/C25H38O3/c1-16(2)5-10-23(27)28-22-9-8-20-19-7-6-17-15-18(26)11-13-24(17,3)21(19)12-14-25(20,22)4/h15-16,19-22H,5-14H2,1-4H3/t19?,20?,21?,22?,24-,25-/m0/s1. The zero-order valence-electron chi connectivity index (χ0n) is 18.3. The van der Waals surface area contributed by atoms with Crippen molar-refractivity contribution in [1.29, 1.82) is 0 Å². The molecule has 0 radical (unpaired) electrons. The number of ketones is 1. The normalized spacial score (nSPS) is 42.5. The van der Waals surface area contributed by atoms with Gasteiger partial charge in [0.25, 0.3) is 0 Å². The van der Waals surface area contributed by atoms with Gasteiger partial charge in [-0.2, -0.15) is 0 Å². The fourth-order valence-corrected chi connectivity index (χ4v) is 7.33. The third-order valence-corrected chi connectivity index (χ3v) is 9.07. The molecule has 3 fully saturated rings. The molecule has 3 saturated carbocycles. The van der Waals surface area contributed by atoms with E-state index in [-0.39, 0.29) is 22.9 Å². The highest BCUT2D eigenvalue weighted by Gasteiger charge is 2.59. The Labute approximate surface area is 170 Å². The molecular weight excluding hydrogens is 348 g/mol. The molecule has 0 saturated heterocycles. The Bertz CT molecular complexity index is 677. The van der Waals surface area contributed by atoms with Crippen molar-refractivity contribution in [2.45, 2.75) is 98.0 Å². The summed E-state index contributed by atoms with van der Waals surface area (Å²) < 4.78 is 6.06. The van der Waals surface area contributed by atoms with Gasteiger partial charge in [-0.1, -0.05) is 33.3 Å². The van der Waals surface area contributed by atoms with Crippen molar-refractivity contribution < 1.29 is 14.3 Å². The van der Waals surface area contributed by atoms with Gasteiger partial charge in [0.1, 0.15) is 6.10 Å². The van der Waals surface area contributed by atoms with Gasteiger partial charge in [-0.25, -0.2) is 0 Å². The summed E-state index contributed by atoms with van der Waals surface area (Å²) in [5, 5.41) is 0. The molecule has 0 amide bonds. The third-order valence-electron chi connectivity index (χ3n) is 9.07. The van der Waals surface area contributed by atoms with Gasteiger partial charge in [0.05, 0.1) is 0 Å². The maximum absolute atomic E-state index is 12.4. The number of hydrogen-bond acceptors (Lipinski definition) is 3. The first-order valence-electron chi connectivity index (χ1n) is 11.7. The lowest BCUT2D eigenvalue weighted by molar-refractivity contribution is -0.160. The topological polar surface area (TPSA) is 43.4 Å². The number of hydrogen-bond donors (Lipinski definition) is 0. The SMILES string of the molecule is CC(C)CCC(=O)OC1CCC2C3CCC4=CC(=O)CC[C@]4(C)C3CC[C@]12C. The van der Waals surface area contributed by atoms with Crippen molar-refractivity contribution in [3.8, 4) is 0 Å². The van der Waals surface area contributed by atoms with E-state index in [0.29, 0.717) is 30.0 Å². The Morgan fingerprint density at radius 1 is 1.11 bits per heavy atom. The number of rotatable bonds is 4. The fraction of sp³-hybridized carbons (Fsp3) is 0.840. The molecule has 4 rings (SSSR count). The summed E-state index contributed by atoms with van der Waals surface area (Å²) in [5.41, 5.74) is 1.81. The van der Waals surface area contributed by atoms with Crippen LogP contribution in [0.25, 0.3) is 0 Å². The van der Waals surface area contributed by atoms with Gasteiger partial charge >= 0.3 is 5.97 Å². The summed E-state index contributed by atoms with van der Waals surface area (Å²) in [6.45, 7) is 9.15. The lowest BCUT2D eigenvalue weighted by Gasteiger charge is -2.57. The Kier molecular flexibility index (Phi) is 5.25. The molecule has 4 unspecified atom stereocenters. The Morgan fingerprint density at radius 2 is 1.89 bits per heavy atom. The minimum Gasteiger partial charge on any atom is -0.462 e. The van der Waals surface area contributed by atoms with Gasteiger partial charge in [0.2, 0.25) is 0 Å². The minimum absolute atomic E-state index is 0.00863. The molecule has 0 N–H and O–H groups in total. The minimum atomic E-state index is 0.00863. The first-order valence-corrected chi connectivity index (χ1v) is 11.7. The smallest absolute Gasteiger partial charge is 0.306 e. The van der Waals surface area contributed by atoms with Crippen LogP contribution in [0.5, 0.6) is 0 Å². The maximum Gasteiger partial charge on any atom is 0.306 e. The molecule has 0 spiro atoms. The number of carbonyl (C=O) groups is 2. The number of carbonyl (C=O) groups excluding carboxylic acids is 2. The molecule has 4 aliphatic rings. The fourth-order valence-electron chi connectivity index (χ4n) is 7.33. The summed E-state index contributed by atoms with van der Waals surface area (Å²) in [7, 11) is 0. The molecular formula is C25H38O3. The van der Waals surface area contributed by atoms with Gasteiger partial charge in [-0.15, -0.1) is 0 Å². The van der Waals surface area contributed by atoms with Crippen molar-refractivity contribution in [3.05, 3.63) is 11.6 Å². The second-order valence-corrected chi connectivity index (χ2v) is 11.0. The van der Waals surface area contributed by atoms with Crippen LogP contribution in [0.4, 0.5) is 0 Å². The second-order valence-electron chi connectivity index (χ2n) is 11.0. The predicted octanol–water partition coefficient (Wildman–Crippen LogP) is 5.87. The van der Waals surface area contributed by atoms with Crippen LogP contribution in [-0.2, 0) is 14.3 Å². The molecule has 0 aromatic rings. The van der Waals surface area contributed by atoms with Crippen molar-refractivity contribution >= 4 is 11.8 Å². The highest BCUT2D eigenvalue weighted by atomic mass is 16.5. The highest BCUT2D eigenvalue weighted by molar-refractivity contribution is 5.91. The van der Waals surface area contributed by atoms with E-state index in [1.807, 2.05) is 6.08 Å². The largest absolute Gasteiger partial charge is 0.462 e. The van der Waals surface area contributed by atoms with Gasteiger partial charge in [-0.05, 0) is 86.5 Å². The van der Waals surface area contributed by atoms with Crippen LogP contribution in [0.1, 0.15) is 91.9 Å². The molecule has 3 heteroatoms. The van der Waals surface area contributed by atoms with Gasteiger partial charge < -0.3 is 4.74 Å². The Balaban J connectivity index is 1.49. The Hall–Kier alpha value is -1.12. The van der Waals surface area contributed by atoms with E-state index < -0.39 is 0 Å². The van der Waals surface area contributed by atoms with E-state index in [4.69, 9.17) is 4.74 Å². The molecule has 0 aromatic carbocycles. The molecule has 0 bridgehead atoms. The van der Waals surface area contributed by atoms with Crippen LogP contribution in [0.2, 0.25) is 0 Å². The van der Waals surface area contributed by atoms with Crippen molar-refractivity contribution in [1.82, 2.24) is 0 Å². The van der Waals surface area contributed by atoms with E-state index in [9.17, 15) is 9.59 Å². The molecule has 3 nitrogen and oxygen atoms in total. The van der Waals surface area contributed by atoms with E-state index in [1.165, 1.54) is 24.8 Å². The highest BCUT2D eigenvalue weighted by Crippen LogP contribution is 2.65. The summed E-state index contributed by atoms with van der Waals surface area (Å²) in [4.78, 5) is 24.4. The van der Waals surface area contributed by atoms with Crippen molar-refractivity contribution in [3.63, 3.8) is 0 Å². The number of esters is 1. The number of ether oxygens (including phenoxy) is 1. The zero-order valence-corrected chi connectivity index (χ0v) is 18.3. The van der Waals surface area contributed by atoms with Crippen LogP contribution in [0.3, 0.4) is 0 Å². The molecule has 6 atom stereocenters. The maximum atomic E-state index is 12.4. The zero-order chi connectivity index (χ0) is 20.1. The number of allylic oxidation sites excluding steroid dienone is 1. The van der Waals surface area contributed by atoms with Crippen LogP contribution in [0, 0.1) is 34.5 Å². The number of fused-ring (bicyclic) bond motifs is 5. The molecule has 4 aliphatic carbocycles. The molecule has 156 valence electrons. The predicted molar refractivity (Wildman–Crippen MR) is 111 cm³/mol. The summed E-state index contributed by atoms with van der Waals surface area (Å²) in [6.07, 6.45) is 12.3. The van der Waals surface area contributed by atoms with Gasteiger partial charge in [0.15, 0.2) is 5.78 Å². The van der Waals surface area contributed by atoms with E-state index in [2.05, 4.69) is 27.7 Å². The first kappa shape index (κ1) is 20.2. The average molecular weight is 387 g/mol. The van der Waals surface area contributed by atoms with Crippen molar-refractivity contribution in [2.24, 2.45) is 34.5 Å². The van der Waals surface area contributed by atoms with Crippen molar-refractivity contribution in [2.75, 3.05) is 0 Å². The monoisotopic (exact) mass is 386 g/mol. The molecule has 0 aliphatic heterocycles. The lowest BCUT2D eigenvalue weighted by atomic mass is 9.47. The van der Waals surface area contributed by atoms with E-state index in [1.54, 1.807) is 0 Å². The molecule has 0 heterocycles. The van der Waals surface area contributed by atoms with Crippen LogP contribution in [0.15, 0.2) is 11.6 Å². The van der Waals surface area contributed by atoms with Crippen LogP contribution >= 0.6 is 0 Å². The van der Waals surface area contributed by atoms with Crippen LogP contribution < -0.4 is 0 Å². The van der Waals surface area contributed by atoms with Gasteiger partial charge in [-0.3, -0.25) is 9.59 Å². The van der Waals surface area contributed by atoms with Gasteiger partial charge in [0, 0.05) is 18.3 Å². The summed E-state index contributed by atoms with van der Waals surface area (Å²) in [5.74, 6) is 2.99.